The van der Waals surface area contributed by atoms with Crippen LogP contribution in [-0.2, 0) is 38.1 Å². The minimum Gasteiger partial charge on any atom is -0.462 e. The van der Waals surface area contributed by atoms with Gasteiger partial charge in [0.1, 0.15) is 30.7 Å². The molecule has 0 spiro atoms. The molecule has 0 aliphatic carbocycles. The molecule has 0 radical (unpaired) electrons. The maximum atomic E-state index is 12.9. The number of rotatable bonds is 8. The lowest BCUT2D eigenvalue weighted by molar-refractivity contribution is -0.304. The first-order valence-corrected chi connectivity index (χ1v) is 14.6. The highest BCUT2D eigenvalue weighted by atomic mass is 16.7. The van der Waals surface area contributed by atoms with Gasteiger partial charge >= 0.3 is 5.97 Å². The van der Waals surface area contributed by atoms with Crippen LogP contribution in [0.3, 0.4) is 0 Å². The molecule has 2 aliphatic heterocycles. The summed E-state index contributed by atoms with van der Waals surface area (Å²) in [6.07, 6.45) is 5.61. The summed E-state index contributed by atoms with van der Waals surface area (Å²) in [6, 6.07) is 0. The molecule has 9 heteroatoms. The number of esters is 1. The Morgan fingerprint density at radius 1 is 1.07 bits per heavy atom. The van der Waals surface area contributed by atoms with Crippen molar-refractivity contribution >= 4 is 18.0 Å². The van der Waals surface area contributed by atoms with E-state index >= 15 is 0 Å². The highest BCUT2D eigenvalue weighted by molar-refractivity contribution is 5.91. The van der Waals surface area contributed by atoms with E-state index in [1.54, 1.807) is 19.1 Å². The summed E-state index contributed by atoms with van der Waals surface area (Å²) in [5.74, 6) is -0.464. The second-order valence-corrected chi connectivity index (χ2v) is 11.5. The van der Waals surface area contributed by atoms with Crippen molar-refractivity contribution in [3.05, 3.63) is 23.8 Å². The standard InChI is InChI=1S/C31H50O9/c1-8-26-24(18-38-31-30(37-7)29(36-6)28(35)22(5)39-31)16-20(3)9-11-25(33)21(4)17-23(13-14-32)15-19(2)10-12-27(34)40-26/h9,11,14,16,19,21-24,26,28-31,35H,8,10,12-13,15,17-18H2,1-7H3/b11-9+,20-16+/t19-,21+,22?,23+,24+,26+,28+,29-,30?,31+/m0/s1. The molecule has 0 aromatic heterocycles. The van der Waals surface area contributed by atoms with E-state index in [4.69, 9.17) is 23.7 Å². The molecule has 2 aliphatic rings. The Hall–Kier alpha value is -1.91. The Morgan fingerprint density at radius 2 is 1.77 bits per heavy atom. The first-order valence-electron chi connectivity index (χ1n) is 14.6. The van der Waals surface area contributed by atoms with E-state index in [-0.39, 0.29) is 48.5 Å². The second kappa shape index (κ2) is 17.1. The van der Waals surface area contributed by atoms with Crippen LogP contribution < -0.4 is 0 Å². The molecule has 228 valence electrons. The summed E-state index contributed by atoms with van der Waals surface area (Å²) in [5.41, 5.74) is 0.834. The molecule has 0 aromatic rings. The van der Waals surface area contributed by atoms with Gasteiger partial charge in [-0.1, -0.05) is 38.5 Å². The van der Waals surface area contributed by atoms with Gasteiger partial charge in [0.25, 0.3) is 0 Å². The van der Waals surface area contributed by atoms with Crippen LogP contribution in [0.5, 0.6) is 0 Å². The third kappa shape index (κ3) is 10.2. The lowest BCUT2D eigenvalue weighted by atomic mass is 9.83. The number of carbonyl (C=O) groups excluding carboxylic acids is 3. The van der Waals surface area contributed by atoms with Crippen molar-refractivity contribution in [3.8, 4) is 0 Å². The predicted octanol–water partition coefficient (Wildman–Crippen LogP) is 4.20. The molecule has 0 bridgehead atoms. The Balaban J connectivity index is 2.30. The van der Waals surface area contributed by atoms with Gasteiger partial charge in [-0.15, -0.1) is 0 Å². The number of aliphatic hydroxyl groups is 1. The number of allylic oxidation sites excluding steroid dienone is 3. The zero-order valence-corrected chi connectivity index (χ0v) is 25.2. The number of hydrogen-bond donors (Lipinski definition) is 1. The number of cyclic esters (lactones) is 1. The molecule has 10 atom stereocenters. The van der Waals surface area contributed by atoms with E-state index in [0.717, 1.165) is 18.3 Å². The molecule has 2 rings (SSSR count). The summed E-state index contributed by atoms with van der Waals surface area (Å²) in [5, 5.41) is 10.5. The molecule has 2 unspecified atom stereocenters. The summed E-state index contributed by atoms with van der Waals surface area (Å²) in [7, 11) is 3.02. The Bertz CT molecular complexity index is 869. The summed E-state index contributed by atoms with van der Waals surface area (Å²) in [4.78, 5) is 37.0. The van der Waals surface area contributed by atoms with Crippen LogP contribution in [0.25, 0.3) is 0 Å². The molecule has 1 N–H and O–H groups in total. The van der Waals surface area contributed by atoms with Gasteiger partial charge in [-0.2, -0.15) is 0 Å². The maximum Gasteiger partial charge on any atom is 0.306 e. The van der Waals surface area contributed by atoms with Crippen LogP contribution >= 0.6 is 0 Å². The van der Waals surface area contributed by atoms with Gasteiger partial charge in [0.15, 0.2) is 12.1 Å². The summed E-state index contributed by atoms with van der Waals surface area (Å²) < 4.78 is 29.1. The van der Waals surface area contributed by atoms with Crippen molar-refractivity contribution in [2.45, 2.75) is 110 Å². The van der Waals surface area contributed by atoms with Crippen LogP contribution in [0, 0.1) is 23.7 Å². The van der Waals surface area contributed by atoms with Gasteiger partial charge in [0, 0.05) is 38.9 Å². The van der Waals surface area contributed by atoms with Crippen LogP contribution in [0.15, 0.2) is 23.8 Å². The molecule has 0 amide bonds. The minimum atomic E-state index is -0.870. The van der Waals surface area contributed by atoms with E-state index in [2.05, 4.69) is 6.92 Å². The molecule has 9 nitrogen and oxygen atoms in total. The Morgan fingerprint density at radius 3 is 2.40 bits per heavy atom. The molecule has 0 aromatic carbocycles. The third-order valence-corrected chi connectivity index (χ3v) is 8.08. The summed E-state index contributed by atoms with van der Waals surface area (Å²) >= 11 is 0. The molecule has 2 heterocycles. The fourth-order valence-electron chi connectivity index (χ4n) is 5.67. The normalized spacial score (nSPS) is 39.1. The van der Waals surface area contributed by atoms with Crippen LogP contribution in [0.2, 0.25) is 0 Å². The van der Waals surface area contributed by atoms with Crippen molar-refractivity contribution in [1.82, 2.24) is 0 Å². The number of hydrogen-bond acceptors (Lipinski definition) is 9. The predicted molar refractivity (Wildman–Crippen MR) is 150 cm³/mol. The van der Waals surface area contributed by atoms with E-state index < -0.39 is 36.8 Å². The van der Waals surface area contributed by atoms with Crippen LogP contribution in [-0.4, -0.2) is 80.8 Å². The number of carbonyl (C=O) groups is 3. The van der Waals surface area contributed by atoms with E-state index in [9.17, 15) is 19.5 Å². The van der Waals surface area contributed by atoms with Crippen LogP contribution in [0.4, 0.5) is 0 Å². The van der Waals surface area contributed by atoms with Crippen molar-refractivity contribution in [2.75, 3.05) is 20.8 Å². The quantitative estimate of drug-likeness (QED) is 0.341. The zero-order chi connectivity index (χ0) is 29.8. The number of ether oxygens (including phenoxy) is 5. The average Bonchev–Trinajstić information content (AvgIpc) is 2.92. The second-order valence-electron chi connectivity index (χ2n) is 11.5. The average molecular weight is 567 g/mol. The number of aldehydes is 1. The molecular weight excluding hydrogens is 516 g/mol. The molecule has 40 heavy (non-hydrogen) atoms. The lowest BCUT2D eigenvalue weighted by Crippen LogP contribution is -2.59. The Kier molecular flexibility index (Phi) is 14.7. The highest BCUT2D eigenvalue weighted by Gasteiger charge is 2.45. The fourth-order valence-corrected chi connectivity index (χ4v) is 5.67. The van der Waals surface area contributed by atoms with E-state index in [0.29, 0.717) is 25.7 Å². The monoisotopic (exact) mass is 566 g/mol. The largest absolute Gasteiger partial charge is 0.462 e. The lowest BCUT2D eigenvalue weighted by Gasteiger charge is -2.42. The van der Waals surface area contributed by atoms with Crippen molar-refractivity contribution < 1.29 is 43.2 Å². The van der Waals surface area contributed by atoms with Crippen molar-refractivity contribution in [1.29, 1.82) is 0 Å². The van der Waals surface area contributed by atoms with Gasteiger partial charge in [-0.25, -0.2) is 0 Å². The minimum absolute atomic E-state index is 0.0198. The van der Waals surface area contributed by atoms with Gasteiger partial charge in [0.2, 0.25) is 0 Å². The van der Waals surface area contributed by atoms with Crippen molar-refractivity contribution in [3.63, 3.8) is 0 Å². The topological polar surface area (TPSA) is 118 Å². The number of ketones is 1. The molecular formula is C31H50O9. The number of methoxy groups -OCH3 is 2. The van der Waals surface area contributed by atoms with E-state index in [1.165, 1.54) is 14.2 Å². The van der Waals surface area contributed by atoms with Crippen molar-refractivity contribution in [2.24, 2.45) is 23.7 Å². The fraction of sp³-hybridized carbons (Fsp3) is 0.774. The highest BCUT2D eigenvalue weighted by Crippen LogP contribution is 2.29. The van der Waals surface area contributed by atoms with Gasteiger partial charge in [0.05, 0.1) is 12.7 Å². The van der Waals surface area contributed by atoms with Gasteiger partial charge < -0.3 is 33.6 Å². The smallest absolute Gasteiger partial charge is 0.306 e. The SMILES string of the molecule is CC[C@H]1OC(=O)CC[C@H](C)C[C@@H](CC=O)C[C@@H](C)C(=O)/C=C/C(C)=C/[C@@H]1CO[C@@H]1OC(C)[C@@H](O)[C@H](OC)C1OC. The van der Waals surface area contributed by atoms with Gasteiger partial charge in [-0.05, 0) is 57.4 Å². The first kappa shape index (κ1) is 34.3. The number of aliphatic hydroxyl groups excluding tert-OH is 1. The zero-order valence-electron chi connectivity index (χ0n) is 25.2. The third-order valence-electron chi connectivity index (χ3n) is 8.08. The van der Waals surface area contributed by atoms with Crippen LogP contribution in [0.1, 0.15) is 73.1 Å². The van der Waals surface area contributed by atoms with Gasteiger partial charge in [-0.3, -0.25) is 9.59 Å². The molecule has 1 saturated heterocycles. The Labute approximate surface area is 239 Å². The molecule has 1 fully saturated rings. The van der Waals surface area contributed by atoms with E-state index in [1.807, 2.05) is 26.8 Å². The first-order chi connectivity index (χ1) is 19.0. The summed E-state index contributed by atoms with van der Waals surface area (Å²) in [6.45, 7) is 9.73. The molecule has 0 saturated carbocycles. The maximum absolute atomic E-state index is 12.9.